The van der Waals surface area contributed by atoms with Crippen LogP contribution in [0.1, 0.15) is 52.1 Å². The third-order valence-electron chi connectivity index (χ3n) is 6.88. The number of hydrogen-bond acceptors (Lipinski definition) is 3. The summed E-state index contributed by atoms with van der Waals surface area (Å²) in [7, 11) is 0. The summed E-state index contributed by atoms with van der Waals surface area (Å²) in [6.07, 6.45) is 5.86. The second-order valence-electron chi connectivity index (χ2n) is 9.16. The minimum Gasteiger partial charge on any atom is -0.508 e. The summed E-state index contributed by atoms with van der Waals surface area (Å²) in [6.45, 7) is 4.41. The molecule has 0 aliphatic carbocycles. The maximum Gasteiger partial charge on any atom is 0.251 e. The van der Waals surface area contributed by atoms with Crippen molar-refractivity contribution in [3.63, 3.8) is 0 Å². The first-order chi connectivity index (χ1) is 17.1. The number of carbonyl (C=O) groups is 1. The van der Waals surface area contributed by atoms with E-state index >= 15 is 0 Å². The molecule has 0 spiro atoms. The van der Waals surface area contributed by atoms with Gasteiger partial charge in [-0.05, 0) is 60.7 Å². The summed E-state index contributed by atoms with van der Waals surface area (Å²) in [4.78, 5) is 19.0. The number of amides is 1. The number of H-pyrrole nitrogens is 1. The predicted molar refractivity (Wildman–Crippen MR) is 141 cm³/mol. The number of rotatable bonds is 7. The molecule has 5 heteroatoms. The predicted octanol–water partition coefficient (Wildman–Crippen LogP) is 5.83. The molecule has 0 saturated heterocycles. The molecule has 1 amide bonds. The quantitative estimate of drug-likeness (QED) is 0.301. The van der Waals surface area contributed by atoms with Gasteiger partial charge in [-0.3, -0.25) is 9.69 Å². The number of hydrogen-bond donors (Lipinski definition) is 3. The fourth-order valence-corrected chi connectivity index (χ4v) is 4.98. The Morgan fingerprint density at radius 1 is 1.11 bits per heavy atom. The van der Waals surface area contributed by atoms with Gasteiger partial charge in [-0.25, -0.2) is 0 Å². The summed E-state index contributed by atoms with van der Waals surface area (Å²) >= 11 is 0. The van der Waals surface area contributed by atoms with Crippen molar-refractivity contribution in [2.24, 2.45) is 0 Å². The minimum absolute atomic E-state index is 0.0276. The van der Waals surface area contributed by atoms with Crippen LogP contribution in [0.5, 0.6) is 5.75 Å². The number of aromatic nitrogens is 1. The molecule has 0 radical (unpaired) electrons. The molecule has 1 unspecified atom stereocenters. The lowest BCUT2D eigenvalue weighted by atomic mass is 9.96. The van der Waals surface area contributed by atoms with Crippen LogP contribution in [-0.2, 0) is 13.0 Å². The first-order valence-corrected chi connectivity index (χ1v) is 12.3. The van der Waals surface area contributed by atoms with Gasteiger partial charge in [0.15, 0.2) is 0 Å². The van der Waals surface area contributed by atoms with Crippen LogP contribution in [0, 0.1) is 0 Å². The van der Waals surface area contributed by atoms with Gasteiger partial charge in [0.2, 0.25) is 0 Å². The first-order valence-electron chi connectivity index (χ1n) is 12.3. The number of fused-ring (bicyclic) bond motifs is 3. The number of nitrogens with one attached hydrogen (secondary N) is 2. The van der Waals surface area contributed by atoms with Crippen molar-refractivity contribution < 1.29 is 9.90 Å². The van der Waals surface area contributed by atoms with Gasteiger partial charge in [0.25, 0.3) is 5.91 Å². The minimum atomic E-state index is -0.0276. The van der Waals surface area contributed by atoms with Crippen LogP contribution in [0.15, 0.2) is 78.9 Å². The Bertz CT molecular complexity index is 1360. The fourth-order valence-electron chi connectivity index (χ4n) is 4.98. The summed E-state index contributed by atoms with van der Waals surface area (Å²) in [6, 6.07) is 23.8. The Morgan fingerprint density at radius 3 is 2.77 bits per heavy atom. The van der Waals surface area contributed by atoms with E-state index in [0.717, 1.165) is 47.0 Å². The van der Waals surface area contributed by atoms with Gasteiger partial charge >= 0.3 is 0 Å². The topological polar surface area (TPSA) is 68.4 Å². The molecule has 3 N–H and O–H groups in total. The van der Waals surface area contributed by atoms with Gasteiger partial charge < -0.3 is 15.4 Å². The molecule has 35 heavy (non-hydrogen) atoms. The molecular formula is C30H31N3O2. The third kappa shape index (κ3) is 5.00. The highest BCUT2D eigenvalue weighted by Gasteiger charge is 2.28. The summed E-state index contributed by atoms with van der Waals surface area (Å²) in [5, 5.41) is 14.1. The largest absolute Gasteiger partial charge is 0.508 e. The number of phenols is 1. The number of aromatic amines is 1. The van der Waals surface area contributed by atoms with Crippen molar-refractivity contribution in [2.45, 2.75) is 32.4 Å². The normalized spacial score (nSPS) is 16.0. The molecule has 1 aliphatic heterocycles. The molecule has 1 aromatic heterocycles. The smallest absolute Gasteiger partial charge is 0.251 e. The fraction of sp³-hybridized carbons (Fsp3) is 0.233. The van der Waals surface area contributed by atoms with E-state index < -0.39 is 0 Å². The van der Waals surface area contributed by atoms with E-state index in [1.54, 1.807) is 6.07 Å². The van der Waals surface area contributed by atoms with Crippen LogP contribution < -0.4 is 5.32 Å². The Morgan fingerprint density at radius 2 is 1.91 bits per heavy atom. The van der Waals surface area contributed by atoms with Crippen LogP contribution in [0.25, 0.3) is 17.0 Å². The molecular weight excluding hydrogens is 434 g/mol. The molecule has 3 aromatic carbocycles. The second-order valence-corrected chi connectivity index (χ2v) is 9.16. The van der Waals surface area contributed by atoms with Gasteiger partial charge in [-0.15, -0.1) is 0 Å². The Kier molecular flexibility index (Phi) is 6.68. The van der Waals surface area contributed by atoms with Crippen molar-refractivity contribution in [1.82, 2.24) is 15.2 Å². The van der Waals surface area contributed by atoms with Crippen LogP contribution in [-0.4, -0.2) is 34.0 Å². The molecule has 1 aliphatic rings. The lowest BCUT2D eigenvalue weighted by molar-refractivity contribution is 0.0951. The molecule has 0 bridgehead atoms. The van der Waals surface area contributed by atoms with E-state index in [1.165, 1.54) is 11.3 Å². The highest BCUT2D eigenvalue weighted by atomic mass is 16.3. The third-order valence-corrected chi connectivity index (χ3v) is 6.88. The first kappa shape index (κ1) is 22.9. The van der Waals surface area contributed by atoms with Crippen LogP contribution >= 0.6 is 0 Å². The van der Waals surface area contributed by atoms with E-state index in [9.17, 15) is 9.90 Å². The molecule has 1 atom stereocenters. The lowest BCUT2D eigenvalue weighted by Crippen LogP contribution is -2.34. The average molecular weight is 466 g/mol. The molecule has 0 saturated carbocycles. The van der Waals surface area contributed by atoms with Crippen LogP contribution in [0.4, 0.5) is 0 Å². The van der Waals surface area contributed by atoms with E-state index in [1.807, 2.05) is 48.5 Å². The highest BCUT2D eigenvalue weighted by molar-refractivity contribution is 5.95. The monoisotopic (exact) mass is 465 g/mol. The van der Waals surface area contributed by atoms with E-state index in [4.69, 9.17) is 0 Å². The standard InChI is InChI=1S/C30H31N3O2/c1-21-29-26(27-19-24(34)14-15-28(27)32-29)16-18-33(21)20-23-12-5-6-13-25(23)30(35)31-17-8-7-11-22-9-3-2-4-10-22/h2-7,9-15,19,21,32,34H,8,16-18,20H2,1H3,(H,31,35). The Balaban J connectivity index is 1.24. The molecule has 5 rings (SSSR count). The Hall–Kier alpha value is -3.83. The number of carbonyl (C=O) groups excluding carboxylic acids is 1. The van der Waals surface area contributed by atoms with Crippen molar-refractivity contribution >= 4 is 22.9 Å². The van der Waals surface area contributed by atoms with Crippen LogP contribution in [0.3, 0.4) is 0 Å². The molecule has 0 fully saturated rings. The number of aromatic hydroxyl groups is 1. The zero-order valence-electron chi connectivity index (χ0n) is 20.0. The van der Waals surface area contributed by atoms with Gasteiger partial charge in [-0.1, -0.05) is 60.7 Å². The van der Waals surface area contributed by atoms with E-state index in [2.05, 4.69) is 52.5 Å². The average Bonchev–Trinajstić information content (AvgIpc) is 3.25. The number of phenolic OH excluding ortho intramolecular Hbond substituents is 1. The number of benzene rings is 3. The Labute approximate surface area is 206 Å². The summed E-state index contributed by atoms with van der Waals surface area (Å²) < 4.78 is 0. The zero-order chi connectivity index (χ0) is 24.2. The maximum absolute atomic E-state index is 13.0. The van der Waals surface area contributed by atoms with Crippen molar-refractivity contribution in [1.29, 1.82) is 0 Å². The zero-order valence-corrected chi connectivity index (χ0v) is 20.0. The summed E-state index contributed by atoms with van der Waals surface area (Å²) in [5.74, 6) is 0.269. The maximum atomic E-state index is 13.0. The van der Waals surface area contributed by atoms with E-state index in [-0.39, 0.29) is 11.9 Å². The summed E-state index contributed by atoms with van der Waals surface area (Å²) in [5.41, 5.74) is 6.48. The SMILES string of the molecule is CC1c2[nH]c3ccc(O)cc3c2CCN1Cc1ccccc1C(=O)NCCC=Cc1ccccc1. The second kappa shape index (κ2) is 10.2. The molecule has 178 valence electrons. The lowest BCUT2D eigenvalue weighted by Gasteiger charge is -2.34. The van der Waals surface area contributed by atoms with Crippen LogP contribution in [0.2, 0.25) is 0 Å². The molecule has 4 aromatic rings. The molecule has 5 nitrogen and oxygen atoms in total. The highest BCUT2D eigenvalue weighted by Crippen LogP contribution is 2.36. The van der Waals surface area contributed by atoms with Gasteiger partial charge in [-0.2, -0.15) is 0 Å². The van der Waals surface area contributed by atoms with Gasteiger partial charge in [0.05, 0.1) is 0 Å². The van der Waals surface area contributed by atoms with Crippen molar-refractivity contribution in [3.8, 4) is 5.75 Å². The van der Waals surface area contributed by atoms with Gasteiger partial charge in [0.1, 0.15) is 5.75 Å². The van der Waals surface area contributed by atoms with Gasteiger partial charge in [0, 0.05) is 47.8 Å². The number of nitrogens with zero attached hydrogens (tertiary/aromatic N) is 1. The van der Waals surface area contributed by atoms with E-state index in [0.29, 0.717) is 18.8 Å². The molecule has 2 heterocycles. The van der Waals surface area contributed by atoms with Crippen molar-refractivity contribution in [3.05, 3.63) is 107 Å². The van der Waals surface area contributed by atoms with Crippen molar-refractivity contribution in [2.75, 3.05) is 13.1 Å².